The first kappa shape index (κ1) is 92.4. The van der Waals surface area contributed by atoms with Crippen LogP contribution in [-0.2, 0) is 59.1 Å². The number of nitrogens with zero attached hydrogens (tertiary/aromatic N) is 1. The second-order valence-electron chi connectivity index (χ2n) is 30.8. The number of hydrazine groups is 1. The smallest absolute Gasteiger partial charge is 0.508 e. The number of anilines is 1. The first-order valence-electron chi connectivity index (χ1n) is 39.0. The van der Waals surface area contributed by atoms with Crippen molar-refractivity contribution in [3.63, 3.8) is 0 Å². The molecule has 43 heteroatoms. The highest BCUT2D eigenvalue weighted by molar-refractivity contribution is 6.32. The number of nitrogens with two attached hydrogens (primary N) is 1. The van der Waals surface area contributed by atoms with Crippen molar-refractivity contribution in [1.82, 2.24) is 58.4 Å². The Morgan fingerprint density at radius 1 is 0.728 bits per heavy atom. The lowest BCUT2D eigenvalue weighted by atomic mass is 9.84. The number of carbonyl (C=O) groups excluding carboxylic acids is 9. The fraction of sp³-hybridized carbons (Fsp3) is 0.390. The molecule has 2 saturated heterocycles. The average Bonchev–Trinajstić information content (AvgIpc) is 0.763. The molecule has 125 heavy (non-hydrogen) atoms. The number of phenolic OH excluding ortho intramolecular Hbond substituents is 3. The minimum atomic E-state index is -5.02. The largest absolute Gasteiger partial charge is 0.573 e. The number of aliphatic hydroxyl groups excluding tert-OH is 6. The van der Waals surface area contributed by atoms with Gasteiger partial charge in [0.15, 0.2) is 23.9 Å². The fourth-order valence-electron chi connectivity index (χ4n) is 14.9. The second-order valence-corrected chi connectivity index (χ2v) is 31.6. The Balaban J connectivity index is 1.01. The van der Waals surface area contributed by atoms with E-state index in [4.69, 9.17) is 57.4 Å². The van der Waals surface area contributed by atoms with Crippen molar-refractivity contribution < 1.29 is 135 Å². The Labute approximate surface area is 719 Å². The lowest BCUT2D eigenvalue weighted by Gasteiger charge is -2.48. The van der Waals surface area contributed by atoms with Gasteiger partial charge in [-0.25, -0.2) is 5.43 Å². The second kappa shape index (κ2) is 38.8. The van der Waals surface area contributed by atoms with E-state index in [-0.39, 0.29) is 59.8 Å². The van der Waals surface area contributed by atoms with Crippen molar-refractivity contribution in [2.45, 2.75) is 176 Å². The van der Waals surface area contributed by atoms with Crippen molar-refractivity contribution >= 4 is 82.1 Å². The molecule has 7 aliphatic heterocycles. The number of hydrogen-bond donors (Lipinski definition) is 21. The quantitative estimate of drug-likeness (QED) is 0.0460. The summed E-state index contributed by atoms with van der Waals surface area (Å²) in [6, 6.07) is 5.52. The third-order valence-corrected chi connectivity index (χ3v) is 21.8. The SMILES string of the molecule is CCNNC(=O)[C@@H]1NC(=O)[C@H]2NC(=O)[C@H](NC(=O)[C@@H]3NC(=O)[C@H](CC(N)=O)NC(=O)[C@H](NC(=O)[C@@H](CC(C)C)NC)[C@H](O)c4ccc(c(Cl)c4)Oc4cc3cc(c4O[C@@H]3O[C@H](CO)[C@@H](O)[C@H](O)[C@H]3O[C@H]3C[C@](C)(NCc4cncc(C(=O)Nc5cccc(OC(F)(F)F)c5)c4)[C@H](O)[C@H](C)O3)Oc3ccc(cc3Cl)[C@H]2O)c2ccc(O)c(c2)-c2c(O)cc(O)cc21. The van der Waals surface area contributed by atoms with Crippen LogP contribution in [0.15, 0.2) is 122 Å². The van der Waals surface area contributed by atoms with E-state index >= 15 is 24.0 Å². The first-order valence-corrected chi connectivity index (χ1v) is 39.8. The molecule has 18 atom stereocenters. The van der Waals surface area contributed by atoms with Gasteiger partial charge < -0.3 is 133 Å². The number of likely N-dealkylation sites (N-methyl/N-ethyl adjacent to an activating group) is 1. The van der Waals surface area contributed by atoms with Gasteiger partial charge in [0.05, 0.1) is 46.9 Å². The number of halogens is 5. The highest BCUT2D eigenvalue weighted by Crippen LogP contribution is 2.50. The van der Waals surface area contributed by atoms with Gasteiger partial charge in [0.25, 0.3) is 11.8 Å². The van der Waals surface area contributed by atoms with E-state index in [9.17, 15) is 78.3 Å². The van der Waals surface area contributed by atoms with Crippen molar-refractivity contribution in [3.05, 3.63) is 171 Å². The predicted molar refractivity (Wildman–Crippen MR) is 431 cm³/mol. The summed E-state index contributed by atoms with van der Waals surface area (Å²) < 4.78 is 82.6. The standard InChI is InChI=1S/C82H90Cl2F3N13O25/c1-7-92-100-79(118)62-45-25-42(102)26-51(104)59(45)44-19-36(11-14-50(44)103)60-75(114)99-64(78(117)97-62)66(107)38-13-16-53(47(84)21-38)121-55-23-39-22-54(120-52-15-12-37(20-46(52)83)65(106)63(98-73(112)48(89-6)17-33(2)3)77(116)94-49(27-57(88)105)74(113)95-61(39)76(115)96-60)69(55)124-80-70(68(109)67(108)56(32-101)122-80)123-58-28-81(5,71(110)34(4)119-58)91-30-35-18-40(31-90-29-35)72(111)93-41-9-8-10-43(24-41)125-82(85,86)87/h8-16,18-26,29,31,33-34,48-49,56,58,60-68,70-71,80,89,91-92,101-104,106-110H,7,17,27-28,30,32H2,1-6H3,(H2,88,105)(H,93,111)(H,94,116)(H,95,113)(H,96,115)(H,97,117)(H,98,112)(H,99,114)(H,100,118)/t34-,48+,49-,56+,58-,60+,61+,62+,63+,64-,65+,66+,67+,68-,70+,71+,80-,81-/m0/s1. The number of primary amides is 1. The molecule has 1 aromatic heterocycles. The number of fused-ring (bicyclic) bond motifs is 15. The molecule has 22 N–H and O–H groups in total. The zero-order chi connectivity index (χ0) is 90.5. The van der Waals surface area contributed by atoms with Crippen molar-refractivity contribution in [2.24, 2.45) is 11.7 Å². The van der Waals surface area contributed by atoms with Gasteiger partial charge in [0, 0.05) is 66.4 Å². The number of nitrogens with one attached hydrogen (secondary N) is 11. The van der Waals surface area contributed by atoms with Crippen LogP contribution in [0.25, 0.3) is 11.1 Å². The van der Waals surface area contributed by atoms with Crippen LogP contribution in [0.4, 0.5) is 18.9 Å². The number of phenols is 3. The van der Waals surface area contributed by atoms with Gasteiger partial charge >= 0.3 is 6.36 Å². The van der Waals surface area contributed by atoms with E-state index in [0.29, 0.717) is 5.56 Å². The molecule has 9 amide bonds. The maximum Gasteiger partial charge on any atom is 0.573 e. The van der Waals surface area contributed by atoms with Gasteiger partial charge in [-0.05, 0) is 139 Å². The topological polar surface area (TPSA) is 572 Å². The zero-order valence-corrected chi connectivity index (χ0v) is 68.7. The monoisotopic (exact) mass is 1780 g/mol. The Kier molecular flexibility index (Phi) is 28.6. The van der Waals surface area contributed by atoms with Crippen LogP contribution in [0.2, 0.25) is 10.0 Å². The maximum atomic E-state index is 16.3. The van der Waals surface area contributed by atoms with Gasteiger partial charge in [-0.1, -0.05) is 68.2 Å². The van der Waals surface area contributed by atoms with Gasteiger partial charge in [0.2, 0.25) is 53.4 Å². The molecule has 11 bridgehead atoms. The van der Waals surface area contributed by atoms with Crippen molar-refractivity contribution in [2.75, 3.05) is 25.5 Å². The first-order chi connectivity index (χ1) is 59.2. The molecule has 668 valence electrons. The number of carbonyl (C=O) groups is 9. The van der Waals surface area contributed by atoms with Crippen molar-refractivity contribution in [3.8, 4) is 62.9 Å². The number of rotatable bonds is 21. The van der Waals surface area contributed by atoms with Gasteiger partial charge in [-0.2, -0.15) is 0 Å². The molecule has 0 saturated carbocycles. The number of amides is 9. The van der Waals surface area contributed by atoms with E-state index in [1.165, 1.54) is 50.6 Å². The molecular formula is C82H90Cl2F3N13O25. The Morgan fingerprint density at radius 2 is 1.38 bits per heavy atom. The van der Waals surface area contributed by atoms with Crippen LogP contribution in [0, 0.1) is 5.92 Å². The van der Waals surface area contributed by atoms with E-state index in [0.717, 1.165) is 84.9 Å². The summed E-state index contributed by atoms with van der Waals surface area (Å²) in [5.74, 6) is -16.8. The van der Waals surface area contributed by atoms with Crippen LogP contribution in [0.3, 0.4) is 0 Å². The minimum absolute atomic E-state index is 0.0455. The number of benzene rings is 6. The molecule has 0 spiro atoms. The number of pyridine rings is 1. The number of ether oxygens (including phenoxy) is 7. The summed E-state index contributed by atoms with van der Waals surface area (Å²) in [6.07, 6.45) is -22.3. The van der Waals surface area contributed by atoms with Gasteiger partial charge in [-0.3, -0.25) is 53.6 Å². The number of aliphatic hydroxyl groups is 6. The molecule has 0 aliphatic carbocycles. The molecule has 0 radical (unpaired) electrons. The van der Waals surface area contributed by atoms with E-state index < -0.39 is 266 Å². The highest BCUT2D eigenvalue weighted by Gasteiger charge is 2.53. The van der Waals surface area contributed by atoms with Crippen LogP contribution in [-0.4, -0.2) is 210 Å². The predicted octanol–water partition coefficient (Wildman–Crippen LogP) is 3.04. The molecule has 14 rings (SSSR count). The summed E-state index contributed by atoms with van der Waals surface area (Å²) in [6.45, 7) is 7.14. The number of hydrogen-bond acceptors (Lipinski definition) is 29. The molecule has 6 aromatic carbocycles. The summed E-state index contributed by atoms with van der Waals surface area (Å²) in [7, 11) is 1.46. The third-order valence-electron chi connectivity index (χ3n) is 21.2. The van der Waals surface area contributed by atoms with Crippen LogP contribution in [0.1, 0.15) is 128 Å². The number of aromatic hydroxyl groups is 3. The molecule has 7 aliphatic rings. The normalized spacial score (nSPS) is 26.0. The Hall–Kier alpha value is -11.8. The highest BCUT2D eigenvalue weighted by atomic mass is 35.5. The molecular weight excluding hydrogens is 1690 g/mol. The molecule has 0 unspecified atom stereocenters. The summed E-state index contributed by atoms with van der Waals surface area (Å²) in [4.78, 5) is 138. The maximum absolute atomic E-state index is 16.3. The molecule has 8 heterocycles. The van der Waals surface area contributed by atoms with Crippen molar-refractivity contribution in [1.29, 1.82) is 0 Å². The van der Waals surface area contributed by atoms with E-state index in [1.54, 1.807) is 27.7 Å². The lowest BCUT2D eigenvalue weighted by molar-refractivity contribution is -0.334. The summed E-state index contributed by atoms with van der Waals surface area (Å²) in [5, 5.41) is 129. The van der Waals surface area contributed by atoms with Crippen LogP contribution >= 0.6 is 23.2 Å². The zero-order valence-electron chi connectivity index (χ0n) is 67.2. The molecule has 7 aromatic rings. The van der Waals surface area contributed by atoms with E-state index in [1.807, 2.05) is 0 Å². The minimum Gasteiger partial charge on any atom is -0.508 e. The molecule has 2 fully saturated rings. The Bertz CT molecular complexity index is 5280. The Morgan fingerprint density at radius 3 is 2.02 bits per heavy atom. The van der Waals surface area contributed by atoms with Gasteiger partial charge in [-0.15, -0.1) is 13.2 Å². The number of alkyl halides is 3. The summed E-state index contributed by atoms with van der Waals surface area (Å²) in [5.41, 5.74) is 6.93. The fourth-order valence-corrected chi connectivity index (χ4v) is 15.3. The lowest BCUT2D eigenvalue weighted by Crippen LogP contribution is -2.65. The summed E-state index contributed by atoms with van der Waals surface area (Å²) >= 11 is 14.4. The molecule has 38 nitrogen and oxygen atoms in total. The van der Waals surface area contributed by atoms with Crippen LogP contribution < -0.4 is 83.4 Å². The average molecular weight is 1790 g/mol. The van der Waals surface area contributed by atoms with Gasteiger partial charge in [0.1, 0.15) is 101 Å². The number of aromatic nitrogens is 1. The van der Waals surface area contributed by atoms with E-state index in [2.05, 4.69) is 68.4 Å². The third kappa shape index (κ3) is 21.2. The van der Waals surface area contributed by atoms with Crippen LogP contribution in [0.5, 0.6) is 51.7 Å².